The number of likely N-dealkylation sites (tertiary alicyclic amines) is 2. The Morgan fingerprint density at radius 3 is 2.34 bits per heavy atom. The van der Waals surface area contributed by atoms with E-state index in [4.69, 9.17) is 0 Å². The van der Waals surface area contributed by atoms with E-state index in [1.165, 1.54) is 16.7 Å². The lowest BCUT2D eigenvalue weighted by Crippen LogP contribution is -2.44. The van der Waals surface area contributed by atoms with Crippen molar-refractivity contribution in [2.24, 2.45) is 11.8 Å². The van der Waals surface area contributed by atoms with Crippen LogP contribution in [0, 0.1) is 25.7 Å². The second-order valence-electron chi connectivity index (χ2n) is 9.66. The Labute approximate surface area is 192 Å². The Hall–Kier alpha value is -2.62. The van der Waals surface area contributed by atoms with E-state index < -0.39 is 0 Å². The van der Waals surface area contributed by atoms with Crippen molar-refractivity contribution in [2.45, 2.75) is 58.9 Å². The summed E-state index contributed by atoms with van der Waals surface area (Å²) in [4.78, 5) is 30.4. The third kappa shape index (κ3) is 5.40. The summed E-state index contributed by atoms with van der Waals surface area (Å²) in [6.07, 6.45) is 5.54. The van der Waals surface area contributed by atoms with Crippen LogP contribution in [0.1, 0.15) is 54.4 Å². The summed E-state index contributed by atoms with van der Waals surface area (Å²) in [6.45, 7) is 7.32. The second-order valence-corrected chi connectivity index (χ2v) is 9.66. The summed E-state index contributed by atoms with van der Waals surface area (Å²) in [5.74, 6) is 1.04. The molecule has 0 spiro atoms. The van der Waals surface area contributed by atoms with E-state index >= 15 is 0 Å². The van der Waals surface area contributed by atoms with Crippen LogP contribution in [0.25, 0.3) is 0 Å². The fourth-order valence-electron chi connectivity index (χ4n) is 5.28. The molecule has 0 N–H and O–H groups in total. The lowest BCUT2D eigenvalue weighted by Gasteiger charge is -2.36. The first-order valence-electron chi connectivity index (χ1n) is 12.2. The fraction of sp³-hybridized carbons (Fsp3) is 0.500. The minimum atomic E-state index is 0.109. The van der Waals surface area contributed by atoms with Gasteiger partial charge in [0.2, 0.25) is 11.8 Å². The standard InChI is InChI=1S/C28H36N2O2/c1-21-11-12-24(18-22(21)2)19-27(31)29-16-13-25(14-17-29)26-10-6-7-15-30(28(26)32)20-23-8-4-3-5-9-23/h3-5,8-9,11-12,18,25-26H,6-7,10,13-17,19-20H2,1-2H3/t26-/m0/s1. The molecule has 4 heteroatoms. The first-order chi connectivity index (χ1) is 15.5. The molecule has 2 aromatic carbocycles. The summed E-state index contributed by atoms with van der Waals surface area (Å²) in [5, 5.41) is 0. The highest BCUT2D eigenvalue weighted by atomic mass is 16.2. The Bertz CT molecular complexity index is 932. The Balaban J connectivity index is 1.33. The Morgan fingerprint density at radius 2 is 1.62 bits per heavy atom. The second kappa shape index (κ2) is 10.3. The maximum absolute atomic E-state index is 13.4. The number of nitrogens with zero attached hydrogens (tertiary/aromatic N) is 2. The van der Waals surface area contributed by atoms with Gasteiger partial charge in [-0.05, 0) is 67.7 Å². The number of amides is 2. The van der Waals surface area contributed by atoms with Crippen molar-refractivity contribution < 1.29 is 9.59 Å². The number of piperidine rings is 1. The van der Waals surface area contributed by atoms with Crippen LogP contribution in [0.3, 0.4) is 0 Å². The van der Waals surface area contributed by atoms with E-state index in [9.17, 15) is 9.59 Å². The molecular weight excluding hydrogens is 396 g/mol. The Kier molecular flexibility index (Phi) is 7.29. The van der Waals surface area contributed by atoms with Gasteiger partial charge in [0.15, 0.2) is 0 Å². The molecule has 2 aromatic rings. The normalized spacial score (nSPS) is 20.3. The number of hydrogen-bond donors (Lipinski definition) is 0. The number of benzene rings is 2. The van der Waals surface area contributed by atoms with Crippen LogP contribution < -0.4 is 0 Å². The first-order valence-corrected chi connectivity index (χ1v) is 12.2. The molecule has 1 atom stereocenters. The highest BCUT2D eigenvalue weighted by Gasteiger charge is 2.35. The smallest absolute Gasteiger partial charge is 0.226 e. The molecule has 0 bridgehead atoms. The summed E-state index contributed by atoms with van der Waals surface area (Å²) in [7, 11) is 0. The van der Waals surface area contributed by atoms with Crippen LogP contribution in [-0.2, 0) is 22.6 Å². The average Bonchev–Trinajstić information content (AvgIpc) is 2.98. The van der Waals surface area contributed by atoms with Crippen molar-refractivity contribution in [1.82, 2.24) is 9.80 Å². The number of aryl methyl sites for hydroxylation is 2. The maximum Gasteiger partial charge on any atom is 0.226 e. The molecule has 2 amide bonds. The molecule has 2 fully saturated rings. The van der Waals surface area contributed by atoms with Gasteiger partial charge in [-0.3, -0.25) is 9.59 Å². The zero-order valence-electron chi connectivity index (χ0n) is 19.6. The monoisotopic (exact) mass is 432 g/mol. The molecule has 32 heavy (non-hydrogen) atoms. The van der Waals surface area contributed by atoms with Gasteiger partial charge in [0.1, 0.15) is 0 Å². The SMILES string of the molecule is Cc1ccc(CC(=O)N2CCC([C@@H]3CCCCN(Cc4ccccc4)C3=O)CC2)cc1C. The Morgan fingerprint density at radius 1 is 0.875 bits per heavy atom. The van der Waals surface area contributed by atoms with Gasteiger partial charge >= 0.3 is 0 Å². The van der Waals surface area contributed by atoms with Crippen molar-refractivity contribution in [3.05, 3.63) is 70.8 Å². The molecule has 0 unspecified atom stereocenters. The van der Waals surface area contributed by atoms with Crippen LogP contribution in [0.4, 0.5) is 0 Å². The van der Waals surface area contributed by atoms with Crippen LogP contribution >= 0.6 is 0 Å². The zero-order chi connectivity index (χ0) is 22.5. The third-order valence-electron chi connectivity index (χ3n) is 7.43. The van der Waals surface area contributed by atoms with Crippen LogP contribution in [0.15, 0.2) is 48.5 Å². The van der Waals surface area contributed by atoms with Crippen LogP contribution in [-0.4, -0.2) is 41.2 Å². The molecule has 4 nitrogen and oxygen atoms in total. The molecule has 0 saturated carbocycles. The molecule has 170 valence electrons. The molecule has 0 aliphatic carbocycles. The third-order valence-corrected chi connectivity index (χ3v) is 7.43. The van der Waals surface area contributed by atoms with Crippen LogP contribution in [0.5, 0.6) is 0 Å². The number of hydrogen-bond acceptors (Lipinski definition) is 2. The van der Waals surface area contributed by atoms with Crippen LogP contribution in [0.2, 0.25) is 0 Å². The van der Waals surface area contributed by atoms with E-state index in [2.05, 4.69) is 49.1 Å². The van der Waals surface area contributed by atoms with E-state index in [1.807, 2.05) is 23.1 Å². The van der Waals surface area contributed by atoms with Gasteiger partial charge in [0.05, 0.1) is 6.42 Å². The molecule has 2 aliphatic rings. The van der Waals surface area contributed by atoms with E-state index in [-0.39, 0.29) is 11.8 Å². The molecule has 2 saturated heterocycles. The number of carbonyl (C=O) groups excluding carboxylic acids is 2. The minimum absolute atomic E-state index is 0.109. The van der Waals surface area contributed by atoms with Crippen molar-refractivity contribution in [2.75, 3.05) is 19.6 Å². The van der Waals surface area contributed by atoms with Gasteiger partial charge in [-0.1, -0.05) is 55.0 Å². The molecular formula is C28H36N2O2. The first kappa shape index (κ1) is 22.6. The van der Waals surface area contributed by atoms with Gasteiger partial charge in [-0.25, -0.2) is 0 Å². The summed E-state index contributed by atoms with van der Waals surface area (Å²) >= 11 is 0. The minimum Gasteiger partial charge on any atom is -0.342 e. The van der Waals surface area contributed by atoms with Gasteiger partial charge in [-0.15, -0.1) is 0 Å². The molecule has 2 heterocycles. The van der Waals surface area contributed by atoms with E-state index in [1.54, 1.807) is 0 Å². The van der Waals surface area contributed by atoms with E-state index in [0.29, 0.717) is 24.8 Å². The molecule has 0 radical (unpaired) electrons. The van der Waals surface area contributed by atoms with Crippen molar-refractivity contribution in [1.29, 1.82) is 0 Å². The maximum atomic E-state index is 13.4. The highest BCUT2D eigenvalue weighted by molar-refractivity contribution is 5.80. The summed E-state index contributed by atoms with van der Waals surface area (Å²) in [6, 6.07) is 16.6. The molecule has 4 rings (SSSR count). The predicted octanol–water partition coefficient (Wildman–Crippen LogP) is 4.91. The lowest BCUT2D eigenvalue weighted by atomic mass is 9.81. The average molecular weight is 433 g/mol. The number of carbonyl (C=O) groups is 2. The highest BCUT2D eigenvalue weighted by Crippen LogP contribution is 2.33. The van der Waals surface area contributed by atoms with Crippen molar-refractivity contribution in [3.8, 4) is 0 Å². The number of rotatable bonds is 5. The largest absolute Gasteiger partial charge is 0.342 e. The fourth-order valence-corrected chi connectivity index (χ4v) is 5.28. The molecule has 2 aliphatic heterocycles. The van der Waals surface area contributed by atoms with Gasteiger partial charge < -0.3 is 9.80 Å². The summed E-state index contributed by atoms with van der Waals surface area (Å²) in [5.41, 5.74) is 4.79. The molecule has 0 aromatic heterocycles. The lowest BCUT2D eigenvalue weighted by molar-refractivity contribution is -0.138. The zero-order valence-corrected chi connectivity index (χ0v) is 19.6. The topological polar surface area (TPSA) is 40.6 Å². The van der Waals surface area contributed by atoms with Crippen molar-refractivity contribution >= 4 is 11.8 Å². The van der Waals surface area contributed by atoms with Gasteiger partial charge in [-0.2, -0.15) is 0 Å². The quantitative estimate of drug-likeness (QED) is 0.673. The van der Waals surface area contributed by atoms with Gasteiger partial charge in [0.25, 0.3) is 0 Å². The predicted molar refractivity (Wildman–Crippen MR) is 128 cm³/mol. The van der Waals surface area contributed by atoms with E-state index in [0.717, 1.165) is 57.3 Å². The summed E-state index contributed by atoms with van der Waals surface area (Å²) < 4.78 is 0. The van der Waals surface area contributed by atoms with Crippen molar-refractivity contribution in [3.63, 3.8) is 0 Å². The van der Waals surface area contributed by atoms with Gasteiger partial charge in [0, 0.05) is 32.1 Å².